The Labute approximate surface area is 164 Å². The Hall–Kier alpha value is -1.10. The summed E-state index contributed by atoms with van der Waals surface area (Å²) in [6, 6.07) is 1.02. The van der Waals surface area contributed by atoms with E-state index in [-0.39, 0.29) is 11.8 Å². The van der Waals surface area contributed by atoms with Crippen LogP contribution in [-0.2, 0) is 9.59 Å². The van der Waals surface area contributed by atoms with Crippen LogP contribution in [0.2, 0.25) is 0 Å². The third kappa shape index (κ3) is 5.24. The van der Waals surface area contributed by atoms with Crippen molar-refractivity contribution in [2.24, 2.45) is 11.8 Å². The van der Waals surface area contributed by atoms with Crippen molar-refractivity contribution in [1.29, 1.82) is 0 Å². The van der Waals surface area contributed by atoms with E-state index < -0.39 is 0 Å². The van der Waals surface area contributed by atoms with Gasteiger partial charge in [-0.25, -0.2) is 0 Å². The van der Waals surface area contributed by atoms with Crippen molar-refractivity contribution in [3.05, 3.63) is 0 Å². The van der Waals surface area contributed by atoms with Crippen molar-refractivity contribution in [3.63, 3.8) is 0 Å². The zero-order valence-corrected chi connectivity index (χ0v) is 16.8. The highest BCUT2D eigenvalue weighted by Gasteiger charge is 2.34. The predicted molar refractivity (Wildman–Crippen MR) is 106 cm³/mol. The molecule has 1 unspecified atom stereocenters. The highest BCUT2D eigenvalue weighted by Crippen LogP contribution is 2.29. The van der Waals surface area contributed by atoms with E-state index in [2.05, 4.69) is 15.1 Å². The van der Waals surface area contributed by atoms with Crippen LogP contribution < -0.4 is 5.32 Å². The van der Waals surface area contributed by atoms with Gasteiger partial charge in [-0.1, -0.05) is 19.3 Å². The highest BCUT2D eigenvalue weighted by atomic mass is 16.2. The minimum Gasteiger partial charge on any atom is -0.353 e. The van der Waals surface area contributed by atoms with Crippen LogP contribution in [0.4, 0.5) is 0 Å². The number of carbonyl (C=O) groups excluding carboxylic acids is 2. The van der Waals surface area contributed by atoms with Crippen LogP contribution in [-0.4, -0.2) is 59.9 Å². The van der Waals surface area contributed by atoms with Crippen LogP contribution >= 0.6 is 0 Å². The van der Waals surface area contributed by atoms with Gasteiger partial charge in [0.25, 0.3) is 0 Å². The van der Waals surface area contributed by atoms with Crippen LogP contribution in [0.3, 0.4) is 0 Å². The number of amides is 2. The normalized spacial score (nSPS) is 28.9. The number of likely N-dealkylation sites (tertiary alicyclic amines) is 2. The first-order chi connectivity index (χ1) is 13.2. The van der Waals surface area contributed by atoms with E-state index in [0.29, 0.717) is 23.9 Å². The summed E-state index contributed by atoms with van der Waals surface area (Å²) in [5, 5.41) is 3.19. The standard InChI is InChI=1S/C22H37N3O2/c26-21(15-17-5-2-1-3-6-17)24-13-10-20(11-14-24)25-12-4-7-18(16-25)22(27)23-19-8-9-19/h17-20H,1-16H2,(H,23,27). The molecular formula is C22H37N3O2. The number of nitrogens with one attached hydrogen (secondary N) is 1. The molecule has 2 amide bonds. The monoisotopic (exact) mass is 375 g/mol. The fourth-order valence-electron chi connectivity index (χ4n) is 5.35. The number of hydrogen-bond acceptors (Lipinski definition) is 3. The highest BCUT2D eigenvalue weighted by molar-refractivity contribution is 5.79. The zero-order chi connectivity index (χ0) is 18.6. The molecule has 0 aromatic rings. The Bertz CT molecular complexity index is 520. The number of hydrogen-bond donors (Lipinski definition) is 1. The number of piperidine rings is 2. The summed E-state index contributed by atoms with van der Waals surface area (Å²) in [7, 11) is 0. The minimum atomic E-state index is 0.172. The molecule has 152 valence electrons. The molecule has 4 rings (SSSR count). The van der Waals surface area contributed by atoms with Crippen LogP contribution in [0.5, 0.6) is 0 Å². The molecule has 0 radical (unpaired) electrons. The number of nitrogens with zero attached hydrogens (tertiary/aromatic N) is 2. The van der Waals surface area contributed by atoms with E-state index in [4.69, 9.17) is 0 Å². The molecule has 1 N–H and O–H groups in total. The largest absolute Gasteiger partial charge is 0.353 e. The summed E-state index contributed by atoms with van der Waals surface area (Å²) >= 11 is 0. The molecule has 4 fully saturated rings. The Kier molecular flexibility index (Phi) is 6.36. The first-order valence-electron chi connectivity index (χ1n) is 11.5. The quantitative estimate of drug-likeness (QED) is 0.804. The second kappa shape index (κ2) is 8.93. The third-order valence-corrected chi connectivity index (χ3v) is 7.27. The molecular weight excluding hydrogens is 338 g/mol. The molecule has 2 aliphatic carbocycles. The van der Waals surface area contributed by atoms with Crippen molar-refractivity contribution in [2.75, 3.05) is 26.2 Å². The van der Waals surface area contributed by atoms with Gasteiger partial charge in [0, 0.05) is 38.1 Å². The van der Waals surface area contributed by atoms with Gasteiger partial charge in [0.1, 0.15) is 0 Å². The molecule has 0 aromatic heterocycles. The van der Waals surface area contributed by atoms with Crippen LogP contribution in [0.15, 0.2) is 0 Å². The third-order valence-electron chi connectivity index (χ3n) is 7.27. The summed E-state index contributed by atoms with van der Waals surface area (Å²) in [4.78, 5) is 29.7. The average Bonchev–Trinajstić information content (AvgIpc) is 3.53. The molecule has 4 aliphatic rings. The van der Waals surface area contributed by atoms with E-state index in [0.717, 1.165) is 71.1 Å². The maximum absolute atomic E-state index is 12.7. The number of rotatable bonds is 5. The van der Waals surface area contributed by atoms with Crippen molar-refractivity contribution in [1.82, 2.24) is 15.1 Å². The fraction of sp³-hybridized carbons (Fsp3) is 0.909. The Morgan fingerprint density at radius 2 is 1.56 bits per heavy atom. The molecule has 5 heteroatoms. The second-order valence-electron chi connectivity index (χ2n) is 9.44. The molecule has 27 heavy (non-hydrogen) atoms. The van der Waals surface area contributed by atoms with E-state index >= 15 is 0 Å². The predicted octanol–water partition coefficient (Wildman–Crippen LogP) is 2.94. The molecule has 0 bridgehead atoms. The van der Waals surface area contributed by atoms with Crippen LogP contribution in [0, 0.1) is 11.8 Å². The molecule has 2 saturated heterocycles. The Morgan fingerprint density at radius 1 is 0.815 bits per heavy atom. The van der Waals surface area contributed by atoms with Crippen molar-refractivity contribution in [3.8, 4) is 0 Å². The first kappa shape index (κ1) is 19.2. The smallest absolute Gasteiger partial charge is 0.224 e. The summed E-state index contributed by atoms with van der Waals surface area (Å²) in [6.07, 6.45) is 13.9. The van der Waals surface area contributed by atoms with Gasteiger partial charge in [0.2, 0.25) is 11.8 Å². The van der Waals surface area contributed by atoms with E-state index in [1.54, 1.807) is 0 Å². The summed E-state index contributed by atoms with van der Waals surface area (Å²) in [6.45, 7) is 3.85. The average molecular weight is 376 g/mol. The van der Waals surface area contributed by atoms with Gasteiger partial charge < -0.3 is 10.2 Å². The van der Waals surface area contributed by atoms with E-state index in [9.17, 15) is 9.59 Å². The SMILES string of the molecule is O=C(NC1CC1)C1CCCN(C2CCN(C(=O)CC3CCCCC3)CC2)C1. The van der Waals surface area contributed by atoms with Gasteiger partial charge in [0.15, 0.2) is 0 Å². The molecule has 2 heterocycles. The minimum absolute atomic E-state index is 0.172. The van der Waals surface area contributed by atoms with Crippen molar-refractivity contribution < 1.29 is 9.59 Å². The topological polar surface area (TPSA) is 52.7 Å². The van der Waals surface area contributed by atoms with Gasteiger partial charge in [-0.05, 0) is 63.8 Å². The zero-order valence-electron chi connectivity index (χ0n) is 16.8. The maximum atomic E-state index is 12.7. The van der Waals surface area contributed by atoms with E-state index in [1.165, 1.54) is 32.1 Å². The lowest BCUT2D eigenvalue weighted by molar-refractivity contribution is -0.134. The van der Waals surface area contributed by atoms with Crippen molar-refractivity contribution >= 4 is 11.8 Å². The van der Waals surface area contributed by atoms with Crippen LogP contribution in [0.1, 0.15) is 77.0 Å². The van der Waals surface area contributed by atoms with Gasteiger partial charge in [-0.15, -0.1) is 0 Å². The summed E-state index contributed by atoms with van der Waals surface area (Å²) in [5.41, 5.74) is 0. The lowest BCUT2D eigenvalue weighted by Crippen LogP contribution is -2.51. The van der Waals surface area contributed by atoms with Gasteiger partial charge in [0.05, 0.1) is 5.92 Å². The lowest BCUT2D eigenvalue weighted by Gasteiger charge is -2.42. The summed E-state index contributed by atoms with van der Waals surface area (Å²) < 4.78 is 0. The summed E-state index contributed by atoms with van der Waals surface area (Å²) in [5.74, 6) is 1.48. The lowest BCUT2D eigenvalue weighted by atomic mass is 9.86. The van der Waals surface area contributed by atoms with Crippen LogP contribution in [0.25, 0.3) is 0 Å². The van der Waals surface area contributed by atoms with E-state index in [1.807, 2.05) is 0 Å². The molecule has 2 saturated carbocycles. The van der Waals surface area contributed by atoms with Crippen molar-refractivity contribution in [2.45, 2.75) is 89.1 Å². The second-order valence-corrected chi connectivity index (χ2v) is 9.44. The number of carbonyl (C=O) groups is 2. The van der Waals surface area contributed by atoms with Gasteiger partial charge in [-0.2, -0.15) is 0 Å². The molecule has 2 aliphatic heterocycles. The Balaban J connectivity index is 1.21. The van der Waals surface area contributed by atoms with Gasteiger partial charge in [-0.3, -0.25) is 14.5 Å². The first-order valence-corrected chi connectivity index (χ1v) is 11.5. The fourth-order valence-corrected chi connectivity index (χ4v) is 5.35. The molecule has 1 atom stereocenters. The maximum Gasteiger partial charge on any atom is 0.224 e. The molecule has 0 aromatic carbocycles. The van der Waals surface area contributed by atoms with Gasteiger partial charge >= 0.3 is 0 Å². The molecule has 5 nitrogen and oxygen atoms in total. The molecule has 0 spiro atoms. The Morgan fingerprint density at radius 3 is 2.26 bits per heavy atom.